The van der Waals surface area contributed by atoms with E-state index >= 15 is 0 Å². The second-order valence-corrected chi connectivity index (χ2v) is 27.3. The second kappa shape index (κ2) is 38.8. The normalized spacial score (nSPS) is 22.4. The Morgan fingerprint density at radius 1 is 0.817 bits per heavy atom. The topological polar surface area (TPSA) is 390 Å². The number of carbonyl (C=O) groups is 11. The number of nitrogens with two attached hydrogens (primary N) is 1. The van der Waals surface area contributed by atoms with E-state index in [1.54, 1.807) is 109 Å². The molecule has 0 aromatic heterocycles. The number of nitrogens with one attached hydrogen (secondary N) is 6. The van der Waals surface area contributed by atoms with Crippen molar-refractivity contribution in [2.45, 2.75) is 167 Å². The zero-order valence-electron chi connectivity index (χ0n) is 61.0. The first kappa shape index (κ1) is 81.7. The quantitative estimate of drug-likeness (QED) is 0.00961. The van der Waals surface area contributed by atoms with E-state index < -0.39 is 101 Å². The molecule has 4 bridgehead atoms. The number of methoxy groups -OCH3 is 2. The van der Waals surface area contributed by atoms with E-state index in [2.05, 4.69) is 31.9 Å². The number of alkyl carbamates (subject to hydrolysis) is 1. The van der Waals surface area contributed by atoms with Crippen LogP contribution in [0.1, 0.15) is 124 Å². The van der Waals surface area contributed by atoms with Crippen LogP contribution in [0.3, 0.4) is 0 Å². The molecule has 0 unspecified atom stereocenters. The lowest BCUT2D eigenvalue weighted by molar-refractivity contribution is -0.157. The molecule has 29 heteroatoms. The van der Waals surface area contributed by atoms with Gasteiger partial charge in [0.1, 0.15) is 36.3 Å². The number of imide groups is 1. The molecule has 4 aliphatic heterocycles. The first-order valence-electron chi connectivity index (χ1n) is 35.2. The van der Waals surface area contributed by atoms with E-state index in [-0.39, 0.29) is 101 Å². The number of anilines is 3. The number of ether oxygens (including phenoxy) is 8. The Balaban J connectivity index is 0.921. The summed E-state index contributed by atoms with van der Waals surface area (Å²) in [5, 5.41) is 28.1. The number of fused-ring (bicyclic) bond motifs is 5. The number of hydrogen-bond donors (Lipinski definition) is 8. The van der Waals surface area contributed by atoms with Crippen LogP contribution in [0.2, 0.25) is 0 Å². The summed E-state index contributed by atoms with van der Waals surface area (Å²) in [7, 11) is 4.56. The van der Waals surface area contributed by atoms with Crippen LogP contribution in [0, 0.1) is 23.7 Å². The Morgan fingerprint density at radius 3 is 2.16 bits per heavy atom. The van der Waals surface area contributed by atoms with Crippen LogP contribution in [-0.4, -0.2) is 185 Å². The summed E-state index contributed by atoms with van der Waals surface area (Å²) in [6, 6.07) is 15.5. The van der Waals surface area contributed by atoms with Crippen molar-refractivity contribution in [1.82, 2.24) is 26.2 Å². The predicted molar refractivity (Wildman–Crippen MR) is 383 cm³/mol. The molecule has 0 spiro atoms. The van der Waals surface area contributed by atoms with Crippen molar-refractivity contribution in [3.63, 3.8) is 0 Å². The number of primary amides is 1. The number of epoxide rings is 1. The van der Waals surface area contributed by atoms with Gasteiger partial charge in [0.15, 0.2) is 11.5 Å². The highest BCUT2D eigenvalue weighted by molar-refractivity contribution is 6.13. The number of hydrogen-bond acceptors (Lipinski definition) is 20. The van der Waals surface area contributed by atoms with Crippen molar-refractivity contribution in [2.75, 3.05) is 82.9 Å². The van der Waals surface area contributed by atoms with Gasteiger partial charge >= 0.3 is 24.2 Å². The van der Waals surface area contributed by atoms with Crippen molar-refractivity contribution in [1.29, 1.82) is 0 Å². The van der Waals surface area contributed by atoms with Gasteiger partial charge in [-0.25, -0.2) is 14.4 Å². The summed E-state index contributed by atoms with van der Waals surface area (Å²) < 4.78 is 46.6. The molecule has 2 fully saturated rings. The number of urea groups is 1. The Labute approximate surface area is 606 Å². The summed E-state index contributed by atoms with van der Waals surface area (Å²) in [5.74, 6) is -4.90. The van der Waals surface area contributed by atoms with Crippen molar-refractivity contribution in [3.05, 3.63) is 108 Å². The number of benzene rings is 3. The molecule has 3 aromatic carbocycles. The van der Waals surface area contributed by atoms with Gasteiger partial charge in [0, 0.05) is 100 Å². The van der Waals surface area contributed by atoms with E-state index in [1.807, 2.05) is 25.1 Å². The third-order valence-electron chi connectivity index (χ3n) is 18.5. The molecule has 9 atom stereocenters. The van der Waals surface area contributed by atoms with Crippen LogP contribution in [0.25, 0.3) is 11.1 Å². The summed E-state index contributed by atoms with van der Waals surface area (Å²) in [6.07, 6.45) is 4.93. The first-order chi connectivity index (χ1) is 49.5. The predicted octanol–water partition coefficient (Wildman–Crippen LogP) is 7.21. The highest BCUT2D eigenvalue weighted by Gasteiger charge is 2.64. The largest absolute Gasteiger partial charge is 0.496 e. The molecular weight excluding hydrogens is 1350 g/mol. The maximum absolute atomic E-state index is 14.8. The summed E-state index contributed by atoms with van der Waals surface area (Å²) >= 11 is 0. The monoisotopic (exact) mass is 1450 g/mol. The van der Waals surface area contributed by atoms with E-state index in [9.17, 15) is 57.8 Å². The van der Waals surface area contributed by atoms with Gasteiger partial charge in [-0.2, -0.15) is 0 Å². The standard InChI is InChI=1S/C75H101N9O20/c1-45(2)67(81-62(87)30-34-99-36-37-100-35-32-77-61(86)19-12-11-13-33-84-63(88)28-29-64(84)89)56(85)41-52(17-15-31-78-71(76)93)69(91)79-53-24-20-49(21-25-53)44-101-72(94)80-54-26-22-51(23-27-54)66-55-39-50(40-57(66)97-9)38-47(5)16-14-18-59(98-10)75(96)43-58(102-73(95)82-75)48(6)68-74(7,104-68)60(42-65(90)83(55)8)103-70(92)46(3)4/h14,16,18,20-29,39-40,45-46,48,52,58-60,67-68,96H,11-13,15,17,19,30-38,41-44H2,1-10H3,(H,77,86)(H,79,91)(H,80,94)(H,81,87)(H,82,95)(H3,76,78,93)/b18-14+,47-16+/t48-,52-,58+,59-,60+,67+,68+,74+,75+/m1/s1. The van der Waals surface area contributed by atoms with Gasteiger partial charge in [-0.15, -0.1) is 0 Å². The number of nitrogens with zero attached hydrogens (tertiary/aromatic N) is 2. The van der Waals surface area contributed by atoms with Crippen LogP contribution in [0.5, 0.6) is 5.75 Å². The molecule has 4 heterocycles. The lowest BCUT2D eigenvalue weighted by Gasteiger charge is -2.42. The molecule has 9 N–H and O–H groups in total. The number of Topliss-reactive ketones (excluding diaryl/α,β-unsaturated/α-hetero) is 1. The van der Waals surface area contributed by atoms with E-state index in [0.29, 0.717) is 91.1 Å². The van der Waals surface area contributed by atoms with Gasteiger partial charge in [-0.05, 0) is 105 Å². The van der Waals surface area contributed by atoms with Crippen molar-refractivity contribution in [2.24, 2.45) is 29.4 Å². The van der Waals surface area contributed by atoms with Gasteiger partial charge < -0.3 is 74.9 Å². The SMILES string of the molecule is COc1cc2cc(c1-c1ccc(NC(=O)OCc3ccc(NC(=O)[C@H](CCCNC(N)=O)CC(=O)[C@@H](NC(=O)CCOCCOCCNC(=O)CCCCCN4C(=O)C=CC4=O)C(C)C)cc3)cc1)N(C)C(=O)C[C@H](OC(=O)C(C)C)[C@]1(C)O[C@H]1[C@H](C)[C@@H]1C[C@@](O)(NC(=O)O1)[C@H](OC)/C=C/C=C(\C)C2. The third-order valence-corrected chi connectivity index (χ3v) is 18.5. The minimum Gasteiger partial charge on any atom is -0.496 e. The molecule has 0 radical (unpaired) electrons. The minimum atomic E-state index is -1.86. The Morgan fingerprint density at radius 2 is 1.50 bits per heavy atom. The number of unbranched alkanes of at least 4 members (excludes halogenated alkanes) is 2. The first-order valence-corrected chi connectivity index (χ1v) is 35.2. The zero-order valence-corrected chi connectivity index (χ0v) is 61.0. The van der Waals surface area contributed by atoms with Crippen LogP contribution < -0.4 is 47.3 Å². The Bertz CT molecular complexity index is 3620. The summed E-state index contributed by atoms with van der Waals surface area (Å²) in [6.45, 7) is 13.7. The summed E-state index contributed by atoms with van der Waals surface area (Å²) in [5.41, 5.74) is 6.82. The van der Waals surface area contributed by atoms with Gasteiger partial charge in [0.05, 0.1) is 63.7 Å². The third kappa shape index (κ3) is 23.7. The van der Waals surface area contributed by atoms with Crippen LogP contribution in [0.4, 0.5) is 31.4 Å². The van der Waals surface area contributed by atoms with Crippen LogP contribution >= 0.6 is 0 Å². The number of ketones is 1. The second-order valence-electron chi connectivity index (χ2n) is 27.3. The molecule has 566 valence electrons. The van der Waals surface area contributed by atoms with Gasteiger partial charge in [0.25, 0.3) is 11.8 Å². The number of amides is 10. The summed E-state index contributed by atoms with van der Waals surface area (Å²) in [4.78, 5) is 145. The number of carbonyl (C=O) groups excluding carboxylic acids is 11. The fourth-order valence-corrected chi connectivity index (χ4v) is 12.5. The molecular formula is C75H101N9O20. The average molecular weight is 1450 g/mol. The molecule has 29 nitrogen and oxygen atoms in total. The number of aliphatic hydroxyl groups is 1. The van der Waals surface area contributed by atoms with Crippen molar-refractivity contribution >= 4 is 82.5 Å². The lowest BCUT2D eigenvalue weighted by Crippen LogP contribution is -2.63. The van der Waals surface area contributed by atoms with Crippen molar-refractivity contribution in [3.8, 4) is 16.9 Å². The molecule has 3 aromatic rings. The van der Waals surface area contributed by atoms with E-state index in [0.717, 1.165) is 11.1 Å². The van der Waals surface area contributed by atoms with Crippen molar-refractivity contribution < 1.29 is 95.7 Å². The lowest BCUT2D eigenvalue weighted by atomic mass is 9.83. The Kier molecular flexibility index (Phi) is 30.5. The maximum Gasteiger partial charge on any atom is 0.411 e. The maximum atomic E-state index is 14.8. The fraction of sp³-hybridized carbons (Fsp3) is 0.533. The molecule has 7 rings (SSSR count). The molecule has 0 saturated carbocycles. The molecule has 0 aliphatic carbocycles. The molecule has 10 amide bonds. The Hall–Kier alpha value is -9.55. The van der Waals surface area contributed by atoms with Gasteiger partial charge in [-0.3, -0.25) is 53.9 Å². The average Bonchev–Trinajstić information content (AvgIpc) is 1.57. The highest BCUT2D eigenvalue weighted by atomic mass is 16.7. The molecule has 2 saturated heterocycles. The van der Waals surface area contributed by atoms with Gasteiger partial charge in [-0.1, -0.05) is 89.1 Å². The minimum absolute atomic E-state index is 0.0463. The number of esters is 1. The molecule has 4 aliphatic rings. The fourth-order valence-electron chi connectivity index (χ4n) is 12.5. The smallest absolute Gasteiger partial charge is 0.411 e. The van der Waals surface area contributed by atoms with Crippen LogP contribution in [-0.2, 0) is 84.5 Å². The molecule has 104 heavy (non-hydrogen) atoms. The van der Waals surface area contributed by atoms with E-state index in [1.165, 1.54) is 36.2 Å². The van der Waals surface area contributed by atoms with Gasteiger partial charge in [0.2, 0.25) is 23.6 Å². The number of rotatable bonds is 34. The number of allylic oxidation sites excluding steroid dienone is 3. The highest BCUT2D eigenvalue weighted by Crippen LogP contribution is 2.50. The van der Waals surface area contributed by atoms with E-state index in [4.69, 9.17) is 43.6 Å². The van der Waals surface area contributed by atoms with Crippen LogP contribution in [0.15, 0.2) is 96.6 Å². The zero-order chi connectivity index (χ0) is 75.8.